The maximum absolute atomic E-state index is 12.3. The largest absolute Gasteiger partial charge is 0.478 e. The van der Waals surface area contributed by atoms with Crippen molar-refractivity contribution in [3.63, 3.8) is 0 Å². The van der Waals surface area contributed by atoms with Crippen molar-refractivity contribution in [3.05, 3.63) is 77.4 Å². The third-order valence-corrected chi connectivity index (χ3v) is 6.28. The highest BCUT2D eigenvalue weighted by Crippen LogP contribution is 2.37. The number of aliphatic carboxylic acids is 1. The number of carbonyl (C=O) groups is 1. The van der Waals surface area contributed by atoms with Gasteiger partial charge in [0, 0.05) is 18.3 Å². The van der Waals surface area contributed by atoms with E-state index in [4.69, 9.17) is 14.2 Å². The molecule has 0 bridgehead atoms. The second-order valence-corrected chi connectivity index (χ2v) is 8.93. The number of aromatic nitrogens is 3. The molecular formula is C28H29N3O5. The summed E-state index contributed by atoms with van der Waals surface area (Å²) in [6.07, 6.45) is 7.57. The molecule has 186 valence electrons. The molecule has 2 aromatic carbocycles. The summed E-state index contributed by atoms with van der Waals surface area (Å²) in [6.45, 7) is 5.00. The number of aryl methyl sites for hydroxylation is 2. The topological polar surface area (TPSA) is 95.7 Å². The Labute approximate surface area is 209 Å². The Morgan fingerprint density at radius 2 is 1.83 bits per heavy atom. The van der Waals surface area contributed by atoms with Crippen LogP contribution in [-0.2, 0) is 24.2 Å². The summed E-state index contributed by atoms with van der Waals surface area (Å²) in [5.41, 5.74) is 5.54. The lowest BCUT2D eigenvalue weighted by atomic mass is 9.97. The number of carboxylic acid groups (broad SMARTS) is 1. The van der Waals surface area contributed by atoms with Crippen molar-refractivity contribution in [1.29, 1.82) is 0 Å². The molecular weight excluding hydrogens is 458 g/mol. The predicted molar refractivity (Wildman–Crippen MR) is 135 cm³/mol. The number of hydrogen-bond donors (Lipinski definition) is 1. The Kier molecular flexibility index (Phi) is 6.75. The van der Waals surface area contributed by atoms with Gasteiger partial charge in [-0.2, -0.15) is 0 Å². The summed E-state index contributed by atoms with van der Waals surface area (Å²) < 4.78 is 19.3. The molecule has 0 aliphatic carbocycles. The Bertz CT molecular complexity index is 1370. The van der Waals surface area contributed by atoms with Crippen LogP contribution in [0.25, 0.3) is 11.0 Å². The minimum absolute atomic E-state index is 0.128. The van der Waals surface area contributed by atoms with E-state index in [0.717, 1.165) is 53.4 Å². The molecule has 1 unspecified atom stereocenters. The molecule has 1 aliphatic heterocycles. The van der Waals surface area contributed by atoms with Gasteiger partial charge in [0.05, 0.1) is 18.0 Å². The van der Waals surface area contributed by atoms with Gasteiger partial charge in [-0.3, -0.25) is 4.98 Å². The van der Waals surface area contributed by atoms with Gasteiger partial charge in [0.2, 0.25) is 12.9 Å². The molecule has 0 saturated heterocycles. The summed E-state index contributed by atoms with van der Waals surface area (Å²) in [7, 11) is 0. The quantitative estimate of drug-likeness (QED) is 0.323. The molecule has 1 atom stereocenters. The summed E-state index contributed by atoms with van der Waals surface area (Å²) in [5.74, 6) is 0.741. The van der Waals surface area contributed by atoms with Gasteiger partial charge in [0.1, 0.15) is 11.3 Å². The Hall–Kier alpha value is -4.07. The van der Waals surface area contributed by atoms with Crippen LogP contribution in [0.5, 0.6) is 17.2 Å². The number of ether oxygens (including phenoxy) is 3. The Balaban J connectivity index is 1.52. The van der Waals surface area contributed by atoms with E-state index in [9.17, 15) is 9.90 Å². The number of benzene rings is 2. The monoisotopic (exact) mass is 487 g/mol. The van der Waals surface area contributed by atoms with E-state index in [1.54, 1.807) is 30.6 Å². The van der Waals surface area contributed by atoms with Crippen LogP contribution in [0.3, 0.4) is 0 Å². The van der Waals surface area contributed by atoms with Crippen molar-refractivity contribution in [1.82, 2.24) is 14.5 Å². The maximum atomic E-state index is 12.3. The second-order valence-electron chi connectivity index (χ2n) is 8.93. The second kappa shape index (κ2) is 10.3. The van der Waals surface area contributed by atoms with E-state index in [0.29, 0.717) is 29.4 Å². The molecule has 4 aromatic rings. The SMILES string of the molecule is CCCc1cc(Cn2cnc3cnccc32)cc(CCC)c1OC(C(=O)O)c1ccc2c(c1)OCO2. The van der Waals surface area contributed by atoms with Crippen molar-refractivity contribution < 1.29 is 24.1 Å². The molecule has 0 fully saturated rings. The molecule has 3 heterocycles. The van der Waals surface area contributed by atoms with Gasteiger partial charge >= 0.3 is 5.97 Å². The average molecular weight is 488 g/mol. The maximum Gasteiger partial charge on any atom is 0.349 e. The van der Waals surface area contributed by atoms with Crippen molar-refractivity contribution >= 4 is 17.0 Å². The summed E-state index contributed by atoms with van der Waals surface area (Å²) in [6, 6.07) is 11.4. The third kappa shape index (κ3) is 4.71. The van der Waals surface area contributed by atoms with Crippen LogP contribution >= 0.6 is 0 Å². The molecule has 5 rings (SSSR count). The zero-order valence-electron chi connectivity index (χ0n) is 20.4. The molecule has 36 heavy (non-hydrogen) atoms. The first kappa shape index (κ1) is 23.7. The first-order chi connectivity index (χ1) is 17.6. The number of hydrogen-bond acceptors (Lipinski definition) is 6. The Morgan fingerprint density at radius 1 is 1.08 bits per heavy atom. The number of imidazole rings is 1. The number of carboxylic acids is 1. The first-order valence-electron chi connectivity index (χ1n) is 12.3. The molecule has 0 spiro atoms. The highest BCUT2D eigenvalue weighted by molar-refractivity contribution is 5.76. The molecule has 0 amide bonds. The summed E-state index contributed by atoms with van der Waals surface area (Å²) in [4.78, 5) is 20.9. The smallest absolute Gasteiger partial charge is 0.349 e. The fourth-order valence-corrected chi connectivity index (χ4v) is 4.67. The number of nitrogens with zero attached hydrogens (tertiary/aromatic N) is 3. The van der Waals surface area contributed by atoms with Crippen LogP contribution in [0.15, 0.2) is 55.1 Å². The average Bonchev–Trinajstić information content (AvgIpc) is 3.50. The van der Waals surface area contributed by atoms with E-state index in [1.807, 2.05) is 12.4 Å². The molecule has 1 N–H and O–H groups in total. The lowest BCUT2D eigenvalue weighted by Gasteiger charge is -2.22. The van der Waals surface area contributed by atoms with Crippen molar-refractivity contribution in [2.75, 3.05) is 6.79 Å². The number of fused-ring (bicyclic) bond motifs is 2. The highest BCUT2D eigenvalue weighted by Gasteiger charge is 2.27. The molecule has 2 aromatic heterocycles. The van der Waals surface area contributed by atoms with Crippen LogP contribution in [0, 0.1) is 0 Å². The Morgan fingerprint density at radius 3 is 2.56 bits per heavy atom. The molecule has 0 radical (unpaired) electrons. The minimum atomic E-state index is -1.17. The van der Waals surface area contributed by atoms with Gasteiger partial charge < -0.3 is 23.9 Å². The van der Waals surface area contributed by atoms with Gasteiger partial charge in [-0.15, -0.1) is 0 Å². The van der Waals surface area contributed by atoms with Gasteiger partial charge in [-0.1, -0.05) is 44.9 Å². The fourth-order valence-electron chi connectivity index (χ4n) is 4.67. The minimum Gasteiger partial charge on any atom is -0.478 e. The first-order valence-corrected chi connectivity index (χ1v) is 12.3. The summed E-state index contributed by atoms with van der Waals surface area (Å²) in [5, 5.41) is 10.1. The molecule has 1 aliphatic rings. The lowest BCUT2D eigenvalue weighted by molar-refractivity contribution is -0.145. The van der Waals surface area contributed by atoms with E-state index in [1.165, 1.54) is 0 Å². The van der Waals surface area contributed by atoms with Crippen LogP contribution in [0.4, 0.5) is 0 Å². The van der Waals surface area contributed by atoms with Gasteiger partial charge in [0.25, 0.3) is 0 Å². The normalized spacial score (nSPS) is 13.2. The van der Waals surface area contributed by atoms with Crippen molar-refractivity contribution in [3.8, 4) is 17.2 Å². The fraction of sp³-hybridized carbons (Fsp3) is 0.321. The molecule has 8 heteroatoms. The van der Waals surface area contributed by atoms with Gasteiger partial charge in [-0.05, 0) is 47.7 Å². The van der Waals surface area contributed by atoms with Crippen LogP contribution in [-0.4, -0.2) is 32.4 Å². The van der Waals surface area contributed by atoms with E-state index < -0.39 is 12.1 Å². The van der Waals surface area contributed by atoms with Crippen molar-refractivity contribution in [2.45, 2.75) is 52.2 Å². The highest BCUT2D eigenvalue weighted by atomic mass is 16.7. The lowest BCUT2D eigenvalue weighted by Crippen LogP contribution is -2.20. The number of rotatable bonds is 10. The number of pyridine rings is 1. The van der Waals surface area contributed by atoms with Gasteiger partial charge in [0.15, 0.2) is 11.5 Å². The van der Waals surface area contributed by atoms with Crippen LogP contribution in [0.1, 0.15) is 55.0 Å². The summed E-state index contributed by atoms with van der Waals surface area (Å²) >= 11 is 0. The molecule has 0 saturated carbocycles. The van der Waals surface area contributed by atoms with Crippen LogP contribution < -0.4 is 14.2 Å². The zero-order chi connectivity index (χ0) is 25.1. The van der Waals surface area contributed by atoms with Gasteiger partial charge in [-0.25, -0.2) is 9.78 Å². The predicted octanol–water partition coefficient (Wildman–Crippen LogP) is 5.32. The van der Waals surface area contributed by atoms with E-state index in [2.05, 4.69) is 40.5 Å². The van der Waals surface area contributed by atoms with E-state index >= 15 is 0 Å². The standard InChI is InChI=1S/C28H29N3O5/c1-3-5-19-11-18(15-31-16-30-22-14-29-10-9-23(22)31)12-20(6-4-2)26(19)36-27(28(32)33)21-7-8-24-25(13-21)35-17-34-24/h7-14,16,27H,3-6,15,17H2,1-2H3,(H,32,33). The zero-order valence-corrected chi connectivity index (χ0v) is 20.4. The van der Waals surface area contributed by atoms with Crippen molar-refractivity contribution in [2.24, 2.45) is 0 Å². The van der Waals surface area contributed by atoms with Crippen LogP contribution in [0.2, 0.25) is 0 Å². The third-order valence-electron chi connectivity index (χ3n) is 6.28. The van der Waals surface area contributed by atoms with E-state index in [-0.39, 0.29) is 6.79 Å². The molecule has 8 nitrogen and oxygen atoms in total.